The van der Waals surface area contributed by atoms with E-state index in [0.717, 1.165) is 26.1 Å². The van der Waals surface area contributed by atoms with Gasteiger partial charge in [-0.25, -0.2) is 0 Å². The fourth-order valence-corrected chi connectivity index (χ4v) is 1.67. The molecule has 0 saturated carbocycles. The smallest absolute Gasteiger partial charge is 0.0637 e. The molecule has 15 heavy (non-hydrogen) atoms. The van der Waals surface area contributed by atoms with Crippen molar-refractivity contribution in [2.24, 2.45) is 0 Å². The normalized spacial score (nSPS) is 10.3. The average Bonchev–Trinajstić information content (AvgIpc) is 2.24. The van der Waals surface area contributed by atoms with Gasteiger partial charge < -0.3 is 9.64 Å². The Bertz CT molecular complexity index is 286. The minimum atomic E-state index is 0.786. The zero-order valence-electron chi connectivity index (χ0n) is 9.99. The van der Waals surface area contributed by atoms with E-state index in [0.29, 0.717) is 0 Å². The Labute approximate surface area is 92.9 Å². The average molecular weight is 207 g/mol. The summed E-state index contributed by atoms with van der Waals surface area (Å²) in [6.07, 6.45) is 1.16. The first-order valence-corrected chi connectivity index (χ1v) is 5.58. The Hall–Kier alpha value is -1.02. The molecule has 84 valence electrons. The van der Waals surface area contributed by atoms with E-state index in [-0.39, 0.29) is 0 Å². The van der Waals surface area contributed by atoms with Gasteiger partial charge in [0.15, 0.2) is 0 Å². The molecule has 0 radical (unpaired) electrons. The van der Waals surface area contributed by atoms with Crippen LogP contribution in [0.4, 0.5) is 5.69 Å². The van der Waals surface area contributed by atoms with Gasteiger partial charge >= 0.3 is 0 Å². The predicted molar refractivity (Wildman–Crippen MR) is 65.6 cm³/mol. The van der Waals surface area contributed by atoms with Gasteiger partial charge in [0, 0.05) is 25.9 Å². The fraction of sp³-hybridized carbons (Fsp3) is 0.538. The molecule has 1 rings (SSSR count). The van der Waals surface area contributed by atoms with Crippen LogP contribution in [0.1, 0.15) is 18.9 Å². The number of anilines is 1. The van der Waals surface area contributed by atoms with Crippen molar-refractivity contribution in [3.8, 4) is 0 Å². The van der Waals surface area contributed by atoms with Crippen molar-refractivity contribution in [3.63, 3.8) is 0 Å². The van der Waals surface area contributed by atoms with Gasteiger partial charge in [0.1, 0.15) is 0 Å². The number of benzene rings is 1. The molecule has 0 atom stereocenters. The molecule has 2 nitrogen and oxygen atoms in total. The number of rotatable bonds is 6. The molecule has 0 N–H and O–H groups in total. The van der Waals surface area contributed by atoms with Crippen molar-refractivity contribution in [1.82, 2.24) is 0 Å². The lowest BCUT2D eigenvalue weighted by molar-refractivity contribution is 0.205. The van der Waals surface area contributed by atoms with E-state index >= 15 is 0 Å². The van der Waals surface area contributed by atoms with Gasteiger partial charge in [0.2, 0.25) is 0 Å². The molecule has 2 heteroatoms. The van der Waals surface area contributed by atoms with Crippen molar-refractivity contribution in [2.75, 3.05) is 31.7 Å². The lowest BCUT2D eigenvalue weighted by Gasteiger charge is -2.24. The monoisotopic (exact) mass is 207 g/mol. The molecule has 0 heterocycles. The third-order valence-electron chi connectivity index (χ3n) is 2.43. The Morgan fingerprint density at radius 1 is 1.27 bits per heavy atom. The van der Waals surface area contributed by atoms with E-state index in [9.17, 15) is 0 Å². The summed E-state index contributed by atoms with van der Waals surface area (Å²) in [5.74, 6) is 0. The second kappa shape index (κ2) is 6.46. The van der Waals surface area contributed by atoms with Crippen molar-refractivity contribution < 1.29 is 4.74 Å². The van der Waals surface area contributed by atoms with Crippen LogP contribution in [0.5, 0.6) is 0 Å². The van der Waals surface area contributed by atoms with Gasteiger partial charge in [-0.3, -0.25) is 0 Å². The first-order valence-electron chi connectivity index (χ1n) is 5.58. The van der Waals surface area contributed by atoms with Crippen LogP contribution < -0.4 is 4.90 Å². The third-order valence-corrected chi connectivity index (χ3v) is 2.43. The quantitative estimate of drug-likeness (QED) is 0.711. The number of aryl methyl sites for hydroxylation is 1. The Morgan fingerprint density at radius 3 is 2.67 bits per heavy atom. The van der Waals surface area contributed by atoms with Gasteiger partial charge in [-0.1, -0.05) is 19.1 Å². The summed E-state index contributed by atoms with van der Waals surface area (Å²) < 4.78 is 5.13. The summed E-state index contributed by atoms with van der Waals surface area (Å²) in [7, 11) is 1.75. The first kappa shape index (κ1) is 12.1. The standard InChI is InChI=1S/C13H21NO/c1-4-8-14(9-10-15-3)13-7-5-6-12(2)11-13/h5-7,11H,4,8-10H2,1-3H3. The highest BCUT2D eigenvalue weighted by atomic mass is 16.5. The molecule has 1 aromatic carbocycles. The number of nitrogens with zero attached hydrogens (tertiary/aromatic N) is 1. The molecule has 0 amide bonds. The highest BCUT2D eigenvalue weighted by molar-refractivity contribution is 5.48. The molecule has 0 aliphatic heterocycles. The molecule has 0 fully saturated rings. The van der Waals surface area contributed by atoms with Crippen LogP contribution in [0.3, 0.4) is 0 Å². The van der Waals surface area contributed by atoms with Crippen LogP contribution in [-0.4, -0.2) is 26.8 Å². The Kier molecular flexibility index (Phi) is 5.19. The van der Waals surface area contributed by atoms with E-state index in [2.05, 4.69) is 43.0 Å². The zero-order chi connectivity index (χ0) is 11.1. The highest BCUT2D eigenvalue weighted by Gasteiger charge is 2.04. The fourth-order valence-electron chi connectivity index (χ4n) is 1.67. The molecule has 0 aliphatic rings. The minimum absolute atomic E-state index is 0.786. The molecule has 1 aromatic rings. The van der Waals surface area contributed by atoms with Gasteiger partial charge in [0.25, 0.3) is 0 Å². The van der Waals surface area contributed by atoms with Crippen LogP contribution in [0, 0.1) is 6.92 Å². The van der Waals surface area contributed by atoms with E-state index < -0.39 is 0 Å². The Balaban J connectivity index is 2.69. The topological polar surface area (TPSA) is 12.5 Å². The van der Waals surface area contributed by atoms with Crippen LogP contribution in [0.25, 0.3) is 0 Å². The molecule has 0 aliphatic carbocycles. The zero-order valence-corrected chi connectivity index (χ0v) is 9.99. The lowest BCUT2D eigenvalue weighted by atomic mass is 10.2. The summed E-state index contributed by atoms with van der Waals surface area (Å²) in [6, 6.07) is 8.63. The maximum absolute atomic E-state index is 5.13. The van der Waals surface area contributed by atoms with Gasteiger partial charge in [-0.2, -0.15) is 0 Å². The maximum atomic E-state index is 5.13. The predicted octanol–water partition coefficient (Wildman–Crippen LogP) is 2.86. The molecular formula is C13H21NO. The van der Waals surface area contributed by atoms with E-state index in [1.165, 1.54) is 11.3 Å². The second-order valence-corrected chi connectivity index (χ2v) is 3.82. The van der Waals surface area contributed by atoms with Crippen molar-refractivity contribution >= 4 is 5.69 Å². The molecular weight excluding hydrogens is 186 g/mol. The number of hydrogen-bond acceptors (Lipinski definition) is 2. The Morgan fingerprint density at radius 2 is 2.07 bits per heavy atom. The largest absolute Gasteiger partial charge is 0.383 e. The van der Waals surface area contributed by atoms with Gasteiger partial charge in [0.05, 0.1) is 6.61 Å². The SMILES string of the molecule is CCCN(CCOC)c1cccc(C)c1. The number of methoxy groups -OCH3 is 1. The van der Waals surface area contributed by atoms with Crippen LogP contribution in [-0.2, 0) is 4.74 Å². The molecule has 0 unspecified atom stereocenters. The third kappa shape index (κ3) is 3.92. The minimum Gasteiger partial charge on any atom is -0.383 e. The second-order valence-electron chi connectivity index (χ2n) is 3.82. The van der Waals surface area contributed by atoms with E-state index in [1.54, 1.807) is 7.11 Å². The first-order chi connectivity index (χ1) is 7.27. The summed E-state index contributed by atoms with van der Waals surface area (Å²) in [5.41, 5.74) is 2.61. The van der Waals surface area contributed by atoms with E-state index in [1.807, 2.05) is 0 Å². The van der Waals surface area contributed by atoms with Crippen molar-refractivity contribution in [1.29, 1.82) is 0 Å². The van der Waals surface area contributed by atoms with Crippen molar-refractivity contribution in [2.45, 2.75) is 20.3 Å². The molecule has 0 bridgehead atoms. The van der Waals surface area contributed by atoms with Gasteiger partial charge in [-0.15, -0.1) is 0 Å². The molecule has 0 aromatic heterocycles. The highest BCUT2D eigenvalue weighted by Crippen LogP contribution is 2.15. The summed E-state index contributed by atoms with van der Waals surface area (Å²) in [5, 5.41) is 0. The molecule has 0 spiro atoms. The van der Waals surface area contributed by atoms with Crippen LogP contribution in [0.15, 0.2) is 24.3 Å². The summed E-state index contributed by atoms with van der Waals surface area (Å²) in [4.78, 5) is 2.37. The number of ether oxygens (including phenoxy) is 1. The van der Waals surface area contributed by atoms with Crippen LogP contribution in [0.2, 0.25) is 0 Å². The summed E-state index contributed by atoms with van der Waals surface area (Å²) >= 11 is 0. The van der Waals surface area contributed by atoms with Crippen LogP contribution >= 0.6 is 0 Å². The maximum Gasteiger partial charge on any atom is 0.0637 e. The lowest BCUT2D eigenvalue weighted by Crippen LogP contribution is -2.27. The number of hydrogen-bond donors (Lipinski definition) is 0. The summed E-state index contributed by atoms with van der Waals surface area (Å²) in [6.45, 7) is 7.17. The molecule has 0 saturated heterocycles. The van der Waals surface area contributed by atoms with Gasteiger partial charge in [-0.05, 0) is 31.0 Å². The van der Waals surface area contributed by atoms with Crippen molar-refractivity contribution in [3.05, 3.63) is 29.8 Å². The van der Waals surface area contributed by atoms with E-state index in [4.69, 9.17) is 4.74 Å².